The fraction of sp³-hybridized carbons (Fsp3) is 0.567. The van der Waals surface area contributed by atoms with E-state index < -0.39 is 12.5 Å². The first-order chi connectivity index (χ1) is 19.8. The van der Waals surface area contributed by atoms with Crippen molar-refractivity contribution in [3.8, 4) is 28.4 Å². The molecule has 2 N–H and O–H groups in total. The summed E-state index contributed by atoms with van der Waals surface area (Å²) < 4.78 is 37.8. The molecule has 0 radical (unpaired) electrons. The third-order valence-electron chi connectivity index (χ3n) is 8.83. The van der Waals surface area contributed by atoms with Crippen LogP contribution in [0.1, 0.15) is 30.9 Å². The zero-order chi connectivity index (χ0) is 30.4. The Morgan fingerprint density at radius 3 is 2.40 bits per heavy atom. The van der Waals surface area contributed by atoms with Gasteiger partial charge in [-0.2, -0.15) is 0 Å². The smallest absolute Gasteiger partial charge is 0.251 e. The van der Waals surface area contributed by atoms with E-state index in [1.165, 1.54) is 0 Å². The maximum atomic E-state index is 13.2. The quantitative estimate of drug-likeness (QED) is 0.340. The number of halogens is 3. The van der Waals surface area contributed by atoms with E-state index in [1.54, 1.807) is 25.2 Å². The molecule has 3 atom stereocenters. The normalized spacial score (nSPS) is 23.2. The zero-order valence-corrected chi connectivity index (χ0v) is 25.7. The molecule has 5 rings (SSSR count). The van der Waals surface area contributed by atoms with Crippen LogP contribution in [0.5, 0.6) is 5.75 Å². The minimum absolute atomic E-state index is 0.111. The van der Waals surface area contributed by atoms with Crippen LogP contribution >= 0.6 is 11.6 Å². The van der Waals surface area contributed by atoms with E-state index in [9.17, 15) is 13.9 Å². The summed E-state index contributed by atoms with van der Waals surface area (Å²) in [6, 6.07) is 5.26. The van der Waals surface area contributed by atoms with Gasteiger partial charge in [-0.25, -0.2) is 18.7 Å². The summed E-state index contributed by atoms with van der Waals surface area (Å²) in [5, 5.41) is 17.6. The van der Waals surface area contributed by atoms with Crippen molar-refractivity contribution in [1.82, 2.24) is 25.3 Å². The fourth-order valence-electron chi connectivity index (χ4n) is 6.53. The molecule has 42 heavy (non-hydrogen) atoms. The molecule has 3 aromatic rings. The van der Waals surface area contributed by atoms with Crippen molar-refractivity contribution in [1.29, 1.82) is 0 Å². The summed E-state index contributed by atoms with van der Waals surface area (Å²) in [6.45, 7) is 12.9. The molecule has 4 heterocycles. The first kappa shape index (κ1) is 30.6. The van der Waals surface area contributed by atoms with Crippen LogP contribution < -0.4 is 15.0 Å². The number of fused-ring (bicyclic) bond motifs is 1. The molecule has 9 nitrogen and oxygen atoms in total. The monoisotopic (exact) mass is 604 g/mol. The Bertz CT molecular complexity index is 1420. The molecule has 2 aliphatic heterocycles. The van der Waals surface area contributed by atoms with E-state index in [-0.39, 0.29) is 24.0 Å². The lowest BCUT2D eigenvalue weighted by Crippen LogP contribution is -2.35. The van der Waals surface area contributed by atoms with Crippen LogP contribution in [0.3, 0.4) is 0 Å². The second-order valence-electron chi connectivity index (χ2n) is 12.2. The van der Waals surface area contributed by atoms with Gasteiger partial charge in [-0.15, -0.1) is 0 Å². The number of alkyl halides is 2. The highest BCUT2D eigenvalue weighted by Gasteiger charge is 2.58. The number of aromatic nitrogens is 3. The Balaban J connectivity index is 1.56. The van der Waals surface area contributed by atoms with E-state index in [0.717, 1.165) is 16.9 Å². The molecule has 0 amide bonds. The van der Waals surface area contributed by atoms with Crippen molar-refractivity contribution in [2.24, 2.45) is 10.8 Å². The highest BCUT2D eigenvalue weighted by molar-refractivity contribution is 6.33. The highest BCUT2D eigenvalue weighted by atomic mass is 35.5. The van der Waals surface area contributed by atoms with Crippen molar-refractivity contribution in [3.05, 3.63) is 40.2 Å². The second kappa shape index (κ2) is 11.7. The number of nitrogens with one attached hydrogen (secondary N) is 1. The lowest BCUT2D eigenvalue weighted by atomic mass is 9.71. The molecule has 2 saturated heterocycles. The van der Waals surface area contributed by atoms with Gasteiger partial charge < -0.3 is 24.6 Å². The minimum atomic E-state index is -2.35. The van der Waals surface area contributed by atoms with Crippen LogP contribution in [0.15, 0.2) is 22.7 Å². The van der Waals surface area contributed by atoms with Gasteiger partial charge >= 0.3 is 0 Å². The molecule has 2 fully saturated rings. The van der Waals surface area contributed by atoms with Gasteiger partial charge in [-0.3, -0.25) is 4.90 Å². The van der Waals surface area contributed by atoms with Crippen LogP contribution in [0, 0.1) is 31.6 Å². The Kier molecular flexibility index (Phi) is 8.50. The number of likely N-dealkylation sites (N-methyl/N-ethyl adjacent to an activating group) is 1. The molecular formula is C30H39ClF2N6O3. The van der Waals surface area contributed by atoms with Crippen LogP contribution in [0.25, 0.3) is 22.6 Å². The summed E-state index contributed by atoms with van der Waals surface area (Å²) in [6.07, 6.45) is -3.02. The molecule has 2 aliphatic rings. The average molecular weight is 605 g/mol. The number of benzene rings is 1. The number of aliphatic hydroxyl groups is 1. The van der Waals surface area contributed by atoms with Gasteiger partial charge in [0, 0.05) is 54.7 Å². The van der Waals surface area contributed by atoms with E-state index in [0.29, 0.717) is 72.0 Å². The SMILES string of the molecule is CNC[C@@H](O)COc1ccc(Cl)c(-c2nc(-c3c(C)noc3C)c(C)c(N3C[C@]4(C)CN(CC(F)F)C[C@]4(C)C3)n2)c1. The number of likely N-dealkylation sites (tertiary alicyclic amines) is 1. The van der Waals surface area contributed by atoms with Gasteiger partial charge in [0.2, 0.25) is 0 Å². The van der Waals surface area contributed by atoms with Gasteiger partial charge in [0.05, 0.1) is 28.5 Å². The predicted octanol–water partition coefficient (Wildman–Crippen LogP) is 4.75. The Morgan fingerprint density at radius 2 is 1.81 bits per heavy atom. The molecule has 0 spiro atoms. The van der Waals surface area contributed by atoms with E-state index in [2.05, 4.69) is 29.2 Å². The van der Waals surface area contributed by atoms with E-state index in [4.69, 9.17) is 30.8 Å². The molecule has 0 unspecified atom stereocenters. The maximum absolute atomic E-state index is 13.2. The first-order valence-corrected chi connectivity index (χ1v) is 14.5. The number of ether oxygens (including phenoxy) is 1. The van der Waals surface area contributed by atoms with Crippen molar-refractivity contribution < 1.29 is 23.1 Å². The first-order valence-electron chi connectivity index (χ1n) is 14.2. The molecule has 228 valence electrons. The summed E-state index contributed by atoms with van der Waals surface area (Å²) in [5.41, 5.74) is 3.30. The lowest BCUT2D eigenvalue weighted by Gasteiger charge is -2.30. The predicted molar refractivity (Wildman–Crippen MR) is 158 cm³/mol. The molecule has 0 saturated carbocycles. The fourth-order valence-corrected chi connectivity index (χ4v) is 6.73. The standard InChI is InChI=1S/C30H39ClF2N6O3/c1-17-26(25-18(2)37-42-19(25)3)35-27(22-9-21(7-8-23(22)31)41-12-20(40)10-34-6)36-28(17)39-15-29(4)13-38(11-24(32)33)14-30(29,5)16-39/h7-9,20,24,34,40H,10-16H2,1-6H3/t20-,29-,30+/m1/s1. The summed E-state index contributed by atoms with van der Waals surface area (Å²) in [7, 11) is 1.76. The molecule has 0 aliphatic carbocycles. The van der Waals surface area contributed by atoms with E-state index in [1.807, 2.05) is 25.7 Å². The lowest BCUT2D eigenvalue weighted by molar-refractivity contribution is 0.0932. The van der Waals surface area contributed by atoms with Crippen LogP contribution in [0.2, 0.25) is 5.02 Å². The van der Waals surface area contributed by atoms with Crippen molar-refractivity contribution in [3.63, 3.8) is 0 Å². The number of anilines is 1. The maximum Gasteiger partial charge on any atom is 0.251 e. The van der Waals surface area contributed by atoms with Crippen molar-refractivity contribution in [2.45, 2.75) is 47.1 Å². The number of nitrogens with zero attached hydrogens (tertiary/aromatic N) is 5. The van der Waals surface area contributed by atoms with Gasteiger partial charge in [-0.05, 0) is 46.0 Å². The highest BCUT2D eigenvalue weighted by Crippen LogP contribution is 2.53. The third-order valence-corrected chi connectivity index (χ3v) is 9.16. The second-order valence-corrected chi connectivity index (χ2v) is 12.7. The van der Waals surface area contributed by atoms with Gasteiger partial charge in [-0.1, -0.05) is 30.6 Å². The average Bonchev–Trinajstić information content (AvgIpc) is 3.46. The van der Waals surface area contributed by atoms with E-state index >= 15 is 0 Å². The number of hydrogen-bond acceptors (Lipinski definition) is 9. The Labute approximate surface area is 250 Å². The Morgan fingerprint density at radius 1 is 1.12 bits per heavy atom. The van der Waals surface area contributed by atoms with Gasteiger partial charge in [0.15, 0.2) is 5.82 Å². The number of rotatable bonds is 10. The summed E-state index contributed by atoms with van der Waals surface area (Å²) in [5.74, 6) is 2.36. The van der Waals surface area contributed by atoms with Crippen molar-refractivity contribution >= 4 is 17.4 Å². The molecular weight excluding hydrogens is 566 g/mol. The Hall–Kier alpha value is -2.86. The van der Waals surface area contributed by atoms with Crippen molar-refractivity contribution in [2.75, 3.05) is 57.8 Å². The number of aryl methyl sites for hydroxylation is 2. The zero-order valence-electron chi connectivity index (χ0n) is 25.0. The molecule has 1 aromatic carbocycles. The summed E-state index contributed by atoms with van der Waals surface area (Å²) >= 11 is 6.71. The van der Waals surface area contributed by atoms with Crippen LogP contribution in [0.4, 0.5) is 14.6 Å². The van der Waals surface area contributed by atoms with Gasteiger partial charge in [0.1, 0.15) is 30.0 Å². The molecule has 12 heteroatoms. The van der Waals surface area contributed by atoms with Crippen LogP contribution in [-0.4, -0.2) is 90.6 Å². The minimum Gasteiger partial charge on any atom is -0.491 e. The molecule has 2 aromatic heterocycles. The van der Waals surface area contributed by atoms with Crippen LogP contribution in [-0.2, 0) is 0 Å². The largest absolute Gasteiger partial charge is 0.491 e. The topological polar surface area (TPSA) is 99.8 Å². The third kappa shape index (κ3) is 5.71. The number of hydrogen-bond donors (Lipinski definition) is 2. The van der Waals surface area contributed by atoms with Gasteiger partial charge in [0.25, 0.3) is 6.43 Å². The molecule has 0 bridgehead atoms. The number of aliphatic hydroxyl groups excluding tert-OH is 1. The summed E-state index contributed by atoms with van der Waals surface area (Å²) in [4.78, 5) is 14.2.